The number of nitrogens with zero attached hydrogens (tertiary/aromatic N) is 2. The Bertz CT molecular complexity index is 1210. The summed E-state index contributed by atoms with van der Waals surface area (Å²) in [7, 11) is -2.42. The molecule has 1 aliphatic rings. The number of carbonyl (C=O) groups is 4. The Morgan fingerprint density at radius 2 is 1.68 bits per heavy atom. The van der Waals surface area contributed by atoms with E-state index in [0.717, 1.165) is 4.31 Å². The average molecular weight is 487 g/mol. The minimum atomic E-state index is -3.80. The molecular weight excluding hydrogens is 460 g/mol. The van der Waals surface area contributed by atoms with Crippen LogP contribution in [0.4, 0.5) is 4.79 Å². The number of Topliss-reactive ketones (excluding diaryl/α,β-unsaturated/α-hetero) is 1. The third-order valence-electron chi connectivity index (χ3n) is 5.62. The summed E-state index contributed by atoms with van der Waals surface area (Å²) in [5, 5.41) is 3.23. The van der Waals surface area contributed by atoms with Crippen molar-refractivity contribution < 1.29 is 27.6 Å². The van der Waals surface area contributed by atoms with Crippen LogP contribution in [0.5, 0.6) is 0 Å². The van der Waals surface area contributed by atoms with E-state index in [0.29, 0.717) is 16.1 Å². The molecule has 0 saturated carbocycles. The van der Waals surface area contributed by atoms with Gasteiger partial charge in [0.1, 0.15) is 5.54 Å². The monoisotopic (exact) mass is 486 g/mol. The van der Waals surface area contributed by atoms with Gasteiger partial charge in [0.25, 0.3) is 5.91 Å². The van der Waals surface area contributed by atoms with Crippen LogP contribution in [0.2, 0.25) is 0 Å². The van der Waals surface area contributed by atoms with Crippen LogP contribution in [0.25, 0.3) is 0 Å². The van der Waals surface area contributed by atoms with Gasteiger partial charge in [-0.2, -0.15) is 5.01 Å². The van der Waals surface area contributed by atoms with Crippen LogP contribution < -0.4 is 10.7 Å². The fraction of sp³-hybridized carbons (Fsp3) is 0.304. The molecule has 180 valence electrons. The molecule has 1 saturated heterocycles. The summed E-state index contributed by atoms with van der Waals surface area (Å²) < 4.78 is 26.5. The van der Waals surface area contributed by atoms with Gasteiger partial charge in [-0.25, -0.2) is 17.5 Å². The summed E-state index contributed by atoms with van der Waals surface area (Å²) in [4.78, 5) is 48.9. The Kier molecular flexibility index (Phi) is 7.18. The van der Waals surface area contributed by atoms with E-state index in [1.165, 1.54) is 38.2 Å². The first kappa shape index (κ1) is 25.1. The lowest BCUT2D eigenvalue weighted by molar-refractivity contribution is -0.139. The maximum atomic E-state index is 12.8. The molecule has 0 spiro atoms. The first-order chi connectivity index (χ1) is 16.0. The molecule has 0 aliphatic carbocycles. The third kappa shape index (κ3) is 5.00. The molecule has 1 atom stereocenters. The second-order valence-electron chi connectivity index (χ2n) is 8.11. The predicted octanol–water partition coefficient (Wildman–Crippen LogP) is 1.79. The Hall–Kier alpha value is -3.57. The lowest BCUT2D eigenvalue weighted by Gasteiger charge is -2.22. The number of nitrogens with one attached hydrogen (secondary N) is 2. The van der Waals surface area contributed by atoms with Gasteiger partial charge in [-0.1, -0.05) is 42.5 Å². The number of benzene rings is 2. The van der Waals surface area contributed by atoms with Gasteiger partial charge in [-0.05, 0) is 38.0 Å². The summed E-state index contributed by atoms with van der Waals surface area (Å²) in [5.41, 5.74) is 1.97. The molecule has 2 aromatic rings. The summed E-state index contributed by atoms with van der Waals surface area (Å²) >= 11 is 0. The lowest BCUT2D eigenvalue weighted by atomic mass is 9.92. The second kappa shape index (κ2) is 9.74. The number of ketones is 1. The normalized spacial score (nSPS) is 18.2. The minimum absolute atomic E-state index is 0.0315. The van der Waals surface area contributed by atoms with E-state index in [2.05, 4.69) is 10.7 Å². The van der Waals surface area contributed by atoms with Crippen molar-refractivity contribution in [3.63, 3.8) is 0 Å². The average Bonchev–Trinajstić information content (AvgIpc) is 3.03. The zero-order valence-corrected chi connectivity index (χ0v) is 19.9. The minimum Gasteiger partial charge on any atom is -0.318 e. The highest BCUT2D eigenvalue weighted by molar-refractivity contribution is 7.89. The number of amides is 4. The molecule has 0 unspecified atom stereocenters. The number of sulfonamides is 1. The molecule has 4 amide bonds. The van der Waals surface area contributed by atoms with Gasteiger partial charge >= 0.3 is 6.03 Å². The summed E-state index contributed by atoms with van der Waals surface area (Å²) in [6, 6.07) is 13.5. The fourth-order valence-electron chi connectivity index (χ4n) is 3.51. The van der Waals surface area contributed by atoms with E-state index in [-0.39, 0.29) is 30.1 Å². The van der Waals surface area contributed by atoms with Crippen molar-refractivity contribution in [2.45, 2.75) is 37.1 Å². The summed E-state index contributed by atoms with van der Waals surface area (Å²) in [5.74, 6) is -1.39. The van der Waals surface area contributed by atoms with E-state index < -0.39 is 33.4 Å². The van der Waals surface area contributed by atoms with Crippen molar-refractivity contribution in [3.8, 4) is 0 Å². The van der Waals surface area contributed by atoms with Crippen molar-refractivity contribution in [3.05, 3.63) is 65.7 Å². The van der Waals surface area contributed by atoms with Crippen molar-refractivity contribution in [1.29, 1.82) is 0 Å². The maximum Gasteiger partial charge on any atom is 0.344 e. The smallest absolute Gasteiger partial charge is 0.318 e. The maximum absolute atomic E-state index is 12.8. The molecule has 34 heavy (non-hydrogen) atoms. The number of urea groups is 1. The second-order valence-corrected chi connectivity index (χ2v) is 10.2. The highest BCUT2D eigenvalue weighted by Crippen LogP contribution is 2.27. The van der Waals surface area contributed by atoms with Crippen molar-refractivity contribution in [2.24, 2.45) is 0 Å². The van der Waals surface area contributed by atoms with Gasteiger partial charge in [-0.3, -0.25) is 19.8 Å². The van der Waals surface area contributed by atoms with Crippen molar-refractivity contribution >= 4 is 33.7 Å². The zero-order valence-electron chi connectivity index (χ0n) is 19.1. The van der Waals surface area contributed by atoms with E-state index in [1.807, 2.05) is 0 Å². The molecule has 1 heterocycles. The van der Waals surface area contributed by atoms with Gasteiger partial charge in [0, 0.05) is 25.6 Å². The predicted molar refractivity (Wildman–Crippen MR) is 123 cm³/mol. The van der Waals surface area contributed by atoms with Crippen LogP contribution >= 0.6 is 0 Å². The van der Waals surface area contributed by atoms with E-state index >= 15 is 0 Å². The fourth-order valence-corrected chi connectivity index (χ4v) is 4.72. The van der Waals surface area contributed by atoms with Gasteiger partial charge < -0.3 is 5.32 Å². The van der Waals surface area contributed by atoms with Gasteiger partial charge in [0.2, 0.25) is 15.9 Å². The number of hydrogen-bond acceptors (Lipinski definition) is 6. The van der Waals surface area contributed by atoms with Crippen LogP contribution in [0.15, 0.2) is 59.5 Å². The van der Waals surface area contributed by atoms with Crippen molar-refractivity contribution in [2.75, 3.05) is 13.6 Å². The van der Waals surface area contributed by atoms with Crippen LogP contribution in [-0.2, 0) is 25.2 Å². The Morgan fingerprint density at radius 3 is 2.26 bits per heavy atom. The number of hydrazine groups is 1. The molecule has 2 aromatic carbocycles. The molecular formula is C23H26N4O6S. The molecule has 0 bridgehead atoms. The highest BCUT2D eigenvalue weighted by atomic mass is 32.2. The molecule has 0 aromatic heterocycles. The van der Waals surface area contributed by atoms with E-state index in [1.54, 1.807) is 37.3 Å². The molecule has 11 heteroatoms. The van der Waals surface area contributed by atoms with E-state index in [9.17, 15) is 27.6 Å². The molecule has 1 fully saturated rings. The van der Waals surface area contributed by atoms with Gasteiger partial charge in [0.05, 0.1) is 4.90 Å². The van der Waals surface area contributed by atoms with Gasteiger partial charge in [-0.15, -0.1) is 0 Å². The topological polar surface area (TPSA) is 133 Å². The molecule has 3 rings (SSSR count). The Morgan fingerprint density at radius 1 is 1.06 bits per heavy atom. The quantitative estimate of drug-likeness (QED) is 0.410. The first-order valence-electron chi connectivity index (χ1n) is 10.6. The lowest BCUT2D eigenvalue weighted by Crippen LogP contribution is -2.48. The number of hydrogen-bond donors (Lipinski definition) is 2. The largest absolute Gasteiger partial charge is 0.344 e. The Labute approximate surface area is 197 Å². The number of carbonyl (C=O) groups excluding carboxylic acids is 4. The molecule has 1 aliphatic heterocycles. The molecule has 2 N–H and O–H groups in total. The van der Waals surface area contributed by atoms with Crippen LogP contribution in [0, 0.1) is 0 Å². The summed E-state index contributed by atoms with van der Waals surface area (Å²) in [6.07, 6.45) is 0.0505. The summed E-state index contributed by atoms with van der Waals surface area (Å²) in [6.45, 7) is 2.98. The third-order valence-corrected chi connectivity index (χ3v) is 7.50. The van der Waals surface area contributed by atoms with Gasteiger partial charge in [0.15, 0.2) is 5.78 Å². The SMILES string of the molecule is CC(=O)c1ccc(S(=O)(=O)N(C)CCCC(=O)NN2C(=O)N[C@](C)(c3ccccc3)C2=O)cc1. The van der Waals surface area contributed by atoms with E-state index in [4.69, 9.17) is 0 Å². The van der Waals surface area contributed by atoms with Crippen LogP contribution in [0.1, 0.15) is 42.6 Å². The van der Waals surface area contributed by atoms with Crippen molar-refractivity contribution in [1.82, 2.24) is 20.1 Å². The number of rotatable bonds is 9. The zero-order chi connectivity index (χ0) is 25.1. The highest BCUT2D eigenvalue weighted by Gasteiger charge is 2.49. The first-order valence-corrected chi connectivity index (χ1v) is 12.0. The van der Waals surface area contributed by atoms with Crippen LogP contribution in [0.3, 0.4) is 0 Å². The molecule has 0 radical (unpaired) electrons. The molecule has 10 nitrogen and oxygen atoms in total. The van der Waals surface area contributed by atoms with Crippen LogP contribution in [-0.4, -0.2) is 55.0 Å². The Balaban J connectivity index is 1.55. The number of imide groups is 1. The standard InChI is InChI=1S/C23H26N4O6S/c1-16(28)17-11-13-19(14-12-17)34(32,33)26(3)15-7-10-20(29)25-27-21(30)23(2,24-22(27)31)18-8-5-4-6-9-18/h4-6,8-9,11-14H,7,10,15H2,1-3H3,(H,24,31)(H,25,29)/t23-/m1/s1.